The van der Waals surface area contributed by atoms with Crippen LogP contribution in [-0.4, -0.2) is 34.8 Å². The Hall–Kier alpha value is -3.50. The molecule has 4 heteroatoms. The van der Waals surface area contributed by atoms with Crippen molar-refractivity contribution in [2.75, 3.05) is 19.7 Å². The largest absolute Gasteiger partial charge is 0.508 e. The SMILES string of the molecule is Oc1ccc(-c2ccc3cc(O)ccc3c2C2CCCCN2CCCOc2ccccc2)cc1. The topological polar surface area (TPSA) is 52.9 Å². The van der Waals surface area contributed by atoms with E-state index < -0.39 is 0 Å². The highest BCUT2D eigenvalue weighted by Crippen LogP contribution is 2.42. The molecule has 5 rings (SSSR count). The Morgan fingerprint density at radius 1 is 0.824 bits per heavy atom. The number of phenols is 2. The van der Waals surface area contributed by atoms with Gasteiger partial charge in [0.25, 0.3) is 0 Å². The van der Waals surface area contributed by atoms with Crippen molar-refractivity contribution in [2.24, 2.45) is 0 Å². The predicted octanol–water partition coefficient (Wildman–Crippen LogP) is 6.91. The molecule has 0 amide bonds. The number of fused-ring (bicyclic) bond motifs is 1. The predicted molar refractivity (Wildman–Crippen MR) is 137 cm³/mol. The van der Waals surface area contributed by atoms with Crippen molar-refractivity contribution in [3.8, 4) is 28.4 Å². The lowest BCUT2D eigenvalue weighted by Gasteiger charge is -2.38. The standard InChI is InChI=1S/C30H31NO3/c32-24-13-10-22(11-14-24)27-16-12-23-21-25(33)15-17-28(23)30(27)29-9-4-5-18-31(29)19-6-20-34-26-7-2-1-3-8-26/h1-3,7-8,10-17,21,29,32-33H,4-6,9,18-20H2. The highest BCUT2D eigenvalue weighted by atomic mass is 16.5. The van der Waals surface area contributed by atoms with Gasteiger partial charge in [-0.25, -0.2) is 0 Å². The summed E-state index contributed by atoms with van der Waals surface area (Å²) in [4.78, 5) is 2.60. The zero-order valence-corrected chi connectivity index (χ0v) is 19.4. The molecule has 0 radical (unpaired) electrons. The summed E-state index contributed by atoms with van der Waals surface area (Å²) in [6.07, 6.45) is 4.47. The average Bonchev–Trinajstić information content (AvgIpc) is 2.87. The van der Waals surface area contributed by atoms with Crippen molar-refractivity contribution in [3.05, 3.63) is 90.5 Å². The van der Waals surface area contributed by atoms with E-state index >= 15 is 0 Å². The Labute approximate surface area is 201 Å². The molecule has 0 aliphatic carbocycles. The first-order chi connectivity index (χ1) is 16.7. The van der Waals surface area contributed by atoms with Crippen LogP contribution in [0.15, 0.2) is 84.9 Å². The van der Waals surface area contributed by atoms with Crippen molar-refractivity contribution >= 4 is 10.8 Å². The fraction of sp³-hybridized carbons (Fsp3) is 0.267. The third kappa shape index (κ3) is 4.87. The summed E-state index contributed by atoms with van der Waals surface area (Å²) in [6, 6.07) is 27.7. The Kier molecular flexibility index (Phi) is 6.68. The molecule has 34 heavy (non-hydrogen) atoms. The molecule has 0 bridgehead atoms. The van der Waals surface area contributed by atoms with Gasteiger partial charge in [-0.3, -0.25) is 4.90 Å². The number of ether oxygens (including phenoxy) is 1. The number of hydrogen-bond donors (Lipinski definition) is 2. The van der Waals surface area contributed by atoms with Gasteiger partial charge in [0.15, 0.2) is 0 Å². The second-order valence-electron chi connectivity index (χ2n) is 9.04. The lowest BCUT2D eigenvalue weighted by Crippen LogP contribution is -2.35. The van der Waals surface area contributed by atoms with E-state index in [9.17, 15) is 10.2 Å². The second kappa shape index (κ2) is 10.2. The average molecular weight is 454 g/mol. The van der Waals surface area contributed by atoms with E-state index in [0.29, 0.717) is 12.6 Å². The van der Waals surface area contributed by atoms with Crippen LogP contribution >= 0.6 is 0 Å². The van der Waals surface area contributed by atoms with Gasteiger partial charge < -0.3 is 14.9 Å². The lowest BCUT2D eigenvalue weighted by molar-refractivity contribution is 0.139. The van der Waals surface area contributed by atoms with E-state index in [1.807, 2.05) is 48.5 Å². The van der Waals surface area contributed by atoms with E-state index in [0.717, 1.165) is 42.6 Å². The summed E-state index contributed by atoms with van der Waals surface area (Å²) in [5, 5.41) is 22.1. The minimum atomic E-state index is 0.272. The molecule has 1 saturated heterocycles. The minimum Gasteiger partial charge on any atom is -0.508 e. The molecule has 4 nitrogen and oxygen atoms in total. The van der Waals surface area contributed by atoms with Crippen LogP contribution in [0.1, 0.15) is 37.3 Å². The van der Waals surface area contributed by atoms with Crippen LogP contribution in [0.3, 0.4) is 0 Å². The molecule has 0 aromatic heterocycles. The number of nitrogens with zero attached hydrogens (tertiary/aromatic N) is 1. The van der Waals surface area contributed by atoms with E-state index in [2.05, 4.69) is 23.1 Å². The van der Waals surface area contributed by atoms with Gasteiger partial charge in [-0.2, -0.15) is 0 Å². The molecule has 1 fully saturated rings. The summed E-state index contributed by atoms with van der Waals surface area (Å²) < 4.78 is 5.95. The molecule has 2 N–H and O–H groups in total. The van der Waals surface area contributed by atoms with Crippen LogP contribution in [-0.2, 0) is 0 Å². The molecule has 1 atom stereocenters. The van der Waals surface area contributed by atoms with Gasteiger partial charge in [-0.05, 0) is 89.7 Å². The molecular formula is C30H31NO3. The van der Waals surface area contributed by atoms with Crippen molar-refractivity contribution in [1.29, 1.82) is 0 Å². The van der Waals surface area contributed by atoms with Crippen LogP contribution < -0.4 is 4.74 Å². The van der Waals surface area contributed by atoms with Crippen molar-refractivity contribution in [1.82, 2.24) is 4.90 Å². The van der Waals surface area contributed by atoms with Gasteiger partial charge in [0.05, 0.1) is 6.61 Å². The summed E-state index contributed by atoms with van der Waals surface area (Å²) in [5.41, 5.74) is 3.60. The van der Waals surface area contributed by atoms with Gasteiger partial charge in [0, 0.05) is 12.6 Å². The first kappa shape index (κ1) is 22.3. The van der Waals surface area contributed by atoms with Gasteiger partial charge in [0.2, 0.25) is 0 Å². The number of benzene rings is 4. The lowest BCUT2D eigenvalue weighted by atomic mass is 9.85. The van der Waals surface area contributed by atoms with E-state index in [1.165, 1.54) is 29.4 Å². The first-order valence-electron chi connectivity index (χ1n) is 12.2. The molecule has 4 aromatic carbocycles. The van der Waals surface area contributed by atoms with Crippen LogP contribution in [0.2, 0.25) is 0 Å². The second-order valence-corrected chi connectivity index (χ2v) is 9.04. The molecule has 0 saturated carbocycles. The molecule has 1 unspecified atom stereocenters. The molecule has 1 aliphatic heterocycles. The number of rotatable bonds is 7. The smallest absolute Gasteiger partial charge is 0.119 e. The number of likely N-dealkylation sites (tertiary alicyclic amines) is 1. The molecule has 174 valence electrons. The number of para-hydroxylation sites is 1. The zero-order valence-electron chi connectivity index (χ0n) is 19.4. The molecule has 1 aliphatic rings. The van der Waals surface area contributed by atoms with E-state index in [4.69, 9.17) is 4.74 Å². The normalized spacial score (nSPS) is 16.5. The maximum atomic E-state index is 10.1. The number of piperidine rings is 1. The van der Waals surface area contributed by atoms with Gasteiger partial charge >= 0.3 is 0 Å². The van der Waals surface area contributed by atoms with Gasteiger partial charge in [-0.1, -0.05) is 55.0 Å². The van der Waals surface area contributed by atoms with Crippen molar-refractivity contribution in [3.63, 3.8) is 0 Å². The maximum Gasteiger partial charge on any atom is 0.119 e. The third-order valence-corrected chi connectivity index (χ3v) is 6.77. The summed E-state index contributed by atoms with van der Waals surface area (Å²) >= 11 is 0. The Morgan fingerprint density at radius 3 is 2.44 bits per heavy atom. The molecule has 1 heterocycles. The van der Waals surface area contributed by atoms with E-state index in [1.54, 1.807) is 18.2 Å². The van der Waals surface area contributed by atoms with Crippen molar-refractivity contribution in [2.45, 2.75) is 31.7 Å². The Balaban J connectivity index is 1.46. The van der Waals surface area contributed by atoms with Crippen molar-refractivity contribution < 1.29 is 14.9 Å². The number of hydrogen-bond acceptors (Lipinski definition) is 4. The quantitative estimate of drug-likeness (QED) is 0.298. The Bertz CT molecular complexity index is 1240. The van der Waals surface area contributed by atoms with Crippen LogP contribution in [0.4, 0.5) is 0 Å². The fourth-order valence-corrected chi connectivity index (χ4v) is 5.15. The molecular weight excluding hydrogens is 422 g/mol. The third-order valence-electron chi connectivity index (χ3n) is 6.77. The minimum absolute atomic E-state index is 0.272. The van der Waals surface area contributed by atoms with Crippen LogP contribution in [0, 0.1) is 0 Å². The summed E-state index contributed by atoms with van der Waals surface area (Å²) in [5.74, 6) is 1.48. The first-order valence-corrected chi connectivity index (χ1v) is 12.2. The molecule has 4 aromatic rings. The van der Waals surface area contributed by atoms with Crippen LogP contribution in [0.5, 0.6) is 17.2 Å². The van der Waals surface area contributed by atoms with Gasteiger partial charge in [0.1, 0.15) is 17.2 Å². The number of aromatic hydroxyl groups is 2. The van der Waals surface area contributed by atoms with E-state index in [-0.39, 0.29) is 11.5 Å². The number of phenolic OH excluding ortho intramolecular Hbond substituents is 2. The maximum absolute atomic E-state index is 10.1. The van der Waals surface area contributed by atoms with Gasteiger partial charge in [-0.15, -0.1) is 0 Å². The highest BCUT2D eigenvalue weighted by Gasteiger charge is 2.27. The molecule has 0 spiro atoms. The summed E-state index contributed by atoms with van der Waals surface area (Å²) in [7, 11) is 0. The highest BCUT2D eigenvalue weighted by molar-refractivity contribution is 5.93. The Morgan fingerprint density at radius 2 is 1.62 bits per heavy atom. The summed E-state index contributed by atoms with van der Waals surface area (Å²) in [6.45, 7) is 2.74. The zero-order chi connectivity index (χ0) is 23.3. The monoisotopic (exact) mass is 453 g/mol. The fourth-order valence-electron chi connectivity index (χ4n) is 5.15. The van der Waals surface area contributed by atoms with Crippen LogP contribution in [0.25, 0.3) is 21.9 Å².